The van der Waals surface area contributed by atoms with Crippen molar-refractivity contribution in [3.8, 4) is 17.1 Å². The Morgan fingerprint density at radius 2 is 2.03 bits per heavy atom. The lowest BCUT2D eigenvalue weighted by Gasteiger charge is -2.17. The van der Waals surface area contributed by atoms with Gasteiger partial charge in [-0.05, 0) is 30.7 Å². The molecule has 0 saturated carbocycles. The van der Waals surface area contributed by atoms with Crippen molar-refractivity contribution < 1.29 is 13.9 Å². The molecule has 1 aromatic carbocycles. The van der Waals surface area contributed by atoms with Gasteiger partial charge in [0, 0.05) is 18.8 Å². The van der Waals surface area contributed by atoms with Crippen molar-refractivity contribution in [2.24, 2.45) is 7.05 Å². The number of hydrogen-bond acceptors (Lipinski definition) is 6. The molecular formula is C22H20FN5O2. The van der Waals surface area contributed by atoms with E-state index in [-0.39, 0.29) is 12.4 Å². The molecule has 7 nitrogen and oxygen atoms in total. The Labute approximate surface area is 172 Å². The summed E-state index contributed by atoms with van der Waals surface area (Å²) in [6.07, 6.45) is 3.40. The first-order valence-corrected chi connectivity index (χ1v) is 9.65. The van der Waals surface area contributed by atoms with E-state index in [1.165, 1.54) is 0 Å². The highest BCUT2D eigenvalue weighted by Crippen LogP contribution is 2.33. The van der Waals surface area contributed by atoms with E-state index in [2.05, 4.69) is 15.4 Å². The Morgan fingerprint density at radius 3 is 2.93 bits per heavy atom. The SMILES string of the molecule is Cc1ccc2c(c1F)Nc1ccnc3ccc(nc13)-c1cnn(C)c1OCCOC2. The van der Waals surface area contributed by atoms with E-state index in [1.54, 1.807) is 36.1 Å². The first-order valence-electron chi connectivity index (χ1n) is 9.65. The second-order valence-corrected chi connectivity index (χ2v) is 7.17. The fourth-order valence-corrected chi connectivity index (χ4v) is 3.54. The Kier molecular flexibility index (Phi) is 4.55. The van der Waals surface area contributed by atoms with Crippen molar-refractivity contribution in [1.29, 1.82) is 0 Å². The first kappa shape index (κ1) is 18.5. The van der Waals surface area contributed by atoms with Crippen LogP contribution in [0.3, 0.4) is 0 Å². The van der Waals surface area contributed by atoms with Gasteiger partial charge in [0.15, 0.2) is 0 Å². The largest absolute Gasteiger partial charge is 0.475 e. The fourth-order valence-electron chi connectivity index (χ4n) is 3.54. The highest BCUT2D eigenvalue weighted by atomic mass is 19.1. The van der Waals surface area contributed by atoms with Crippen LogP contribution in [0.5, 0.6) is 5.88 Å². The molecule has 2 bridgehead atoms. The van der Waals surface area contributed by atoms with E-state index in [0.29, 0.717) is 52.8 Å². The number of hydrogen-bond donors (Lipinski definition) is 1. The quantitative estimate of drug-likeness (QED) is 0.474. The number of nitrogens with one attached hydrogen (secondary N) is 1. The number of pyridine rings is 2. The summed E-state index contributed by atoms with van der Waals surface area (Å²) < 4.78 is 28.4. The Bertz CT molecular complexity index is 1250. The number of anilines is 2. The van der Waals surface area contributed by atoms with Crippen LogP contribution in [0.1, 0.15) is 11.1 Å². The molecular weight excluding hydrogens is 385 g/mol. The van der Waals surface area contributed by atoms with E-state index in [9.17, 15) is 0 Å². The van der Waals surface area contributed by atoms with Gasteiger partial charge in [0.2, 0.25) is 5.88 Å². The summed E-state index contributed by atoms with van der Waals surface area (Å²) in [5, 5.41) is 7.55. The van der Waals surface area contributed by atoms with Crippen LogP contribution < -0.4 is 10.1 Å². The third-order valence-electron chi connectivity index (χ3n) is 5.15. The normalized spacial score (nSPS) is 13.8. The van der Waals surface area contributed by atoms with Crippen LogP contribution in [0.15, 0.2) is 42.7 Å². The summed E-state index contributed by atoms with van der Waals surface area (Å²) in [5.74, 6) is 0.304. The zero-order valence-electron chi connectivity index (χ0n) is 16.6. The molecule has 0 saturated heterocycles. The maximum Gasteiger partial charge on any atom is 0.221 e. The van der Waals surface area contributed by atoms with Crippen LogP contribution in [-0.4, -0.2) is 33.0 Å². The molecule has 1 aliphatic heterocycles. The van der Waals surface area contributed by atoms with E-state index >= 15 is 4.39 Å². The second kappa shape index (κ2) is 7.38. The van der Waals surface area contributed by atoms with E-state index in [4.69, 9.17) is 14.5 Å². The van der Waals surface area contributed by atoms with Gasteiger partial charge in [0.05, 0.1) is 47.6 Å². The third kappa shape index (κ3) is 3.15. The topological polar surface area (TPSA) is 74.1 Å². The Balaban J connectivity index is 1.72. The maximum absolute atomic E-state index is 15.0. The predicted octanol–water partition coefficient (Wildman–Crippen LogP) is 4.13. The van der Waals surface area contributed by atoms with Crippen molar-refractivity contribution >= 4 is 22.4 Å². The molecule has 3 aromatic heterocycles. The Morgan fingerprint density at radius 1 is 1.13 bits per heavy atom. The average molecular weight is 405 g/mol. The summed E-state index contributed by atoms with van der Waals surface area (Å²) >= 11 is 0. The Hall–Kier alpha value is -3.52. The van der Waals surface area contributed by atoms with Gasteiger partial charge in [0.1, 0.15) is 17.9 Å². The van der Waals surface area contributed by atoms with Gasteiger partial charge >= 0.3 is 0 Å². The molecule has 0 aliphatic carbocycles. The van der Waals surface area contributed by atoms with Gasteiger partial charge in [-0.15, -0.1) is 0 Å². The minimum atomic E-state index is -0.310. The van der Waals surface area contributed by atoms with Crippen LogP contribution in [0.4, 0.5) is 15.8 Å². The lowest BCUT2D eigenvalue weighted by Crippen LogP contribution is -2.11. The number of fused-ring (bicyclic) bond motifs is 4. The number of rotatable bonds is 0. The molecule has 1 aliphatic rings. The van der Waals surface area contributed by atoms with Crippen molar-refractivity contribution in [2.75, 3.05) is 18.5 Å². The van der Waals surface area contributed by atoms with Gasteiger partial charge < -0.3 is 14.8 Å². The summed E-state index contributed by atoms with van der Waals surface area (Å²) in [7, 11) is 1.82. The molecule has 152 valence electrons. The highest BCUT2D eigenvalue weighted by molar-refractivity contribution is 5.91. The number of halogens is 1. The monoisotopic (exact) mass is 405 g/mol. The van der Waals surface area contributed by atoms with Crippen LogP contribution in [0.25, 0.3) is 22.3 Å². The van der Waals surface area contributed by atoms with E-state index < -0.39 is 0 Å². The molecule has 30 heavy (non-hydrogen) atoms. The van der Waals surface area contributed by atoms with Crippen molar-refractivity contribution in [3.63, 3.8) is 0 Å². The zero-order valence-corrected chi connectivity index (χ0v) is 16.6. The molecule has 0 amide bonds. The van der Waals surface area contributed by atoms with Crippen LogP contribution in [0.2, 0.25) is 0 Å². The fraction of sp³-hybridized carbons (Fsp3) is 0.227. The van der Waals surface area contributed by atoms with Crippen LogP contribution in [-0.2, 0) is 18.4 Å². The average Bonchev–Trinajstić information content (AvgIpc) is 3.12. The number of nitrogens with zero attached hydrogens (tertiary/aromatic N) is 4. The predicted molar refractivity (Wildman–Crippen MR) is 111 cm³/mol. The second-order valence-electron chi connectivity index (χ2n) is 7.17. The van der Waals surface area contributed by atoms with Gasteiger partial charge in [-0.25, -0.2) is 14.1 Å². The van der Waals surface area contributed by atoms with Crippen molar-refractivity contribution in [3.05, 3.63) is 59.7 Å². The lowest BCUT2D eigenvalue weighted by molar-refractivity contribution is 0.0864. The van der Waals surface area contributed by atoms with Gasteiger partial charge in [-0.3, -0.25) is 4.98 Å². The van der Waals surface area contributed by atoms with E-state index in [1.807, 2.05) is 25.2 Å². The molecule has 8 heteroatoms. The highest BCUT2D eigenvalue weighted by Gasteiger charge is 2.18. The van der Waals surface area contributed by atoms with Gasteiger partial charge in [-0.2, -0.15) is 5.10 Å². The molecule has 1 N–H and O–H groups in total. The summed E-state index contributed by atoms with van der Waals surface area (Å²) in [4.78, 5) is 9.21. The van der Waals surface area contributed by atoms with Crippen LogP contribution >= 0.6 is 0 Å². The standard InChI is InChI=1S/C22H20FN5O2/c1-13-3-4-14-12-29-9-10-30-22-15(11-25-28(22)2)16-5-6-17-21(26-16)18(7-8-24-17)27-20(14)19(13)23/h3-8,11,27H,9-10,12H2,1-2H3. The van der Waals surface area contributed by atoms with Crippen LogP contribution in [0, 0.1) is 12.7 Å². The summed E-state index contributed by atoms with van der Waals surface area (Å²) in [5.41, 5.74) is 5.13. The number of aromatic nitrogens is 4. The minimum Gasteiger partial charge on any atom is -0.475 e. The molecule has 0 unspecified atom stereocenters. The molecule has 0 spiro atoms. The number of aryl methyl sites for hydroxylation is 2. The minimum absolute atomic E-state index is 0.253. The molecule has 4 heterocycles. The third-order valence-corrected chi connectivity index (χ3v) is 5.15. The van der Waals surface area contributed by atoms with E-state index in [0.717, 1.165) is 11.1 Å². The van der Waals surface area contributed by atoms with Crippen molar-refractivity contribution in [2.45, 2.75) is 13.5 Å². The zero-order chi connectivity index (χ0) is 20.7. The molecule has 0 atom stereocenters. The smallest absolute Gasteiger partial charge is 0.221 e. The molecule has 5 rings (SSSR count). The number of ether oxygens (including phenoxy) is 2. The summed E-state index contributed by atoms with van der Waals surface area (Å²) in [6, 6.07) is 9.18. The molecule has 0 radical (unpaired) electrons. The molecule has 4 aromatic rings. The van der Waals surface area contributed by atoms with Gasteiger partial charge in [0.25, 0.3) is 0 Å². The van der Waals surface area contributed by atoms with Gasteiger partial charge in [-0.1, -0.05) is 12.1 Å². The molecule has 0 fully saturated rings. The maximum atomic E-state index is 15.0. The van der Waals surface area contributed by atoms with Crippen molar-refractivity contribution in [1.82, 2.24) is 19.7 Å². The summed E-state index contributed by atoms with van der Waals surface area (Å²) in [6.45, 7) is 2.68. The number of benzene rings is 1. The first-order chi connectivity index (χ1) is 14.6. The lowest BCUT2D eigenvalue weighted by atomic mass is 10.1.